The zero-order chi connectivity index (χ0) is 15.2. The molecule has 0 bridgehead atoms. The van der Waals surface area contributed by atoms with Crippen LogP contribution in [0.3, 0.4) is 0 Å². The lowest BCUT2D eigenvalue weighted by atomic mass is 10.1. The Balaban J connectivity index is 0.00000242. The van der Waals surface area contributed by atoms with E-state index in [4.69, 9.17) is 5.73 Å². The van der Waals surface area contributed by atoms with Crippen LogP contribution < -0.4 is 16.4 Å². The second-order valence-corrected chi connectivity index (χ2v) is 5.70. The Morgan fingerprint density at radius 2 is 2.05 bits per heavy atom. The van der Waals surface area contributed by atoms with Gasteiger partial charge in [0.15, 0.2) is 5.96 Å². The predicted octanol–water partition coefficient (Wildman–Crippen LogP) is 2.43. The summed E-state index contributed by atoms with van der Waals surface area (Å²) in [5.74, 6) is 0.351. The van der Waals surface area contributed by atoms with Gasteiger partial charge in [-0.2, -0.15) is 0 Å². The quantitative estimate of drug-likeness (QED) is 0.392. The third kappa shape index (κ3) is 5.82. The van der Waals surface area contributed by atoms with Crippen LogP contribution in [0.2, 0.25) is 0 Å². The van der Waals surface area contributed by atoms with Gasteiger partial charge in [0.25, 0.3) is 0 Å². The number of fused-ring (bicyclic) bond motifs is 1. The molecule has 0 heterocycles. The molecule has 122 valence electrons. The van der Waals surface area contributed by atoms with Crippen molar-refractivity contribution in [2.24, 2.45) is 10.7 Å². The van der Waals surface area contributed by atoms with Crippen molar-refractivity contribution in [3.8, 4) is 0 Å². The highest BCUT2D eigenvalue weighted by molar-refractivity contribution is 14.0. The molecule has 1 aliphatic rings. The second kappa shape index (κ2) is 8.97. The van der Waals surface area contributed by atoms with E-state index in [1.165, 1.54) is 24.0 Å². The van der Waals surface area contributed by atoms with Gasteiger partial charge >= 0.3 is 0 Å². The molecule has 0 aliphatic heterocycles. The van der Waals surface area contributed by atoms with Gasteiger partial charge in [-0.25, -0.2) is 0 Å². The van der Waals surface area contributed by atoms with E-state index in [0.29, 0.717) is 18.9 Å². The number of hydrogen-bond donors (Lipinski definition) is 3. The van der Waals surface area contributed by atoms with Gasteiger partial charge < -0.3 is 16.4 Å². The third-order valence-electron chi connectivity index (χ3n) is 3.44. The molecule has 1 amide bonds. The van der Waals surface area contributed by atoms with Gasteiger partial charge in [-0.15, -0.1) is 24.0 Å². The predicted molar refractivity (Wildman–Crippen MR) is 102 cm³/mol. The highest BCUT2D eigenvalue weighted by Crippen LogP contribution is 2.24. The Hall–Kier alpha value is -1.31. The Labute approximate surface area is 149 Å². The number of carbonyl (C=O) groups excluding carboxylic acids is 1. The summed E-state index contributed by atoms with van der Waals surface area (Å²) in [6, 6.07) is 6.46. The minimum absolute atomic E-state index is 0. The average Bonchev–Trinajstić information content (AvgIpc) is 2.85. The van der Waals surface area contributed by atoms with Crippen LogP contribution in [0, 0.1) is 0 Å². The molecule has 4 N–H and O–H groups in total. The van der Waals surface area contributed by atoms with Crippen LogP contribution in [0.4, 0.5) is 5.69 Å². The van der Waals surface area contributed by atoms with Crippen LogP contribution in [0.1, 0.15) is 37.8 Å². The number of guanidine groups is 1. The van der Waals surface area contributed by atoms with Crippen LogP contribution in [0.15, 0.2) is 23.2 Å². The first-order valence-corrected chi connectivity index (χ1v) is 7.52. The maximum atomic E-state index is 11.5. The fourth-order valence-corrected chi connectivity index (χ4v) is 2.51. The standard InChI is InChI=1S/C16H24N4O.HI/c1-11(2)19-15(21)8-9-18-16(17)20-14-7-6-12-4-3-5-13(12)10-14;/h6-7,10-11H,3-5,8-9H2,1-2H3,(H,19,21)(H3,17,18,20);1H. The Morgan fingerprint density at radius 3 is 2.77 bits per heavy atom. The number of nitrogens with two attached hydrogens (primary N) is 1. The van der Waals surface area contributed by atoms with Crippen molar-refractivity contribution in [1.82, 2.24) is 5.32 Å². The smallest absolute Gasteiger partial charge is 0.222 e. The number of amides is 1. The molecule has 0 atom stereocenters. The maximum Gasteiger partial charge on any atom is 0.222 e. The zero-order valence-electron chi connectivity index (χ0n) is 13.2. The van der Waals surface area contributed by atoms with Crippen molar-refractivity contribution >= 4 is 41.5 Å². The molecule has 1 aromatic rings. The fourth-order valence-electron chi connectivity index (χ4n) is 2.51. The van der Waals surface area contributed by atoms with Gasteiger partial charge in [-0.3, -0.25) is 9.79 Å². The molecule has 0 saturated carbocycles. The van der Waals surface area contributed by atoms with Crippen molar-refractivity contribution in [2.45, 2.75) is 45.6 Å². The van der Waals surface area contributed by atoms with Crippen molar-refractivity contribution < 1.29 is 4.79 Å². The topological polar surface area (TPSA) is 79.5 Å². The van der Waals surface area contributed by atoms with Crippen LogP contribution in [-0.4, -0.2) is 24.5 Å². The number of aliphatic imine (C=N–C) groups is 1. The summed E-state index contributed by atoms with van der Waals surface area (Å²) in [4.78, 5) is 15.7. The first-order valence-electron chi connectivity index (χ1n) is 7.52. The summed E-state index contributed by atoms with van der Waals surface area (Å²) in [5, 5.41) is 5.91. The van der Waals surface area contributed by atoms with Gasteiger partial charge in [-0.05, 0) is 56.4 Å². The summed E-state index contributed by atoms with van der Waals surface area (Å²) in [6.45, 7) is 4.26. The molecule has 1 aliphatic carbocycles. The first kappa shape index (κ1) is 18.7. The summed E-state index contributed by atoms with van der Waals surface area (Å²) < 4.78 is 0. The summed E-state index contributed by atoms with van der Waals surface area (Å²) in [5.41, 5.74) is 9.63. The maximum absolute atomic E-state index is 11.5. The van der Waals surface area contributed by atoms with Crippen molar-refractivity contribution in [3.63, 3.8) is 0 Å². The number of benzene rings is 1. The van der Waals surface area contributed by atoms with E-state index in [-0.39, 0.29) is 35.9 Å². The number of rotatable bonds is 5. The molecule has 0 fully saturated rings. The van der Waals surface area contributed by atoms with E-state index in [9.17, 15) is 4.79 Å². The van der Waals surface area contributed by atoms with Crippen LogP contribution in [-0.2, 0) is 17.6 Å². The van der Waals surface area contributed by atoms with E-state index < -0.39 is 0 Å². The molecule has 22 heavy (non-hydrogen) atoms. The van der Waals surface area contributed by atoms with Crippen molar-refractivity contribution in [3.05, 3.63) is 29.3 Å². The van der Waals surface area contributed by atoms with Gasteiger partial charge in [0, 0.05) is 18.2 Å². The molecule has 0 radical (unpaired) electrons. The Bertz CT molecular complexity index is 543. The molecule has 5 nitrogen and oxygen atoms in total. The van der Waals surface area contributed by atoms with Crippen LogP contribution in [0.5, 0.6) is 0 Å². The molecule has 0 saturated heterocycles. The summed E-state index contributed by atoms with van der Waals surface area (Å²) in [7, 11) is 0. The Morgan fingerprint density at radius 1 is 1.32 bits per heavy atom. The monoisotopic (exact) mass is 416 g/mol. The van der Waals surface area contributed by atoms with Gasteiger partial charge in [0.2, 0.25) is 5.91 Å². The molecule has 2 rings (SSSR count). The van der Waals surface area contributed by atoms with E-state index in [0.717, 1.165) is 12.1 Å². The SMILES string of the molecule is CC(C)NC(=O)CCN=C(N)Nc1ccc2c(c1)CCC2.I. The number of nitrogens with zero attached hydrogens (tertiary/aromatic N) is 1. The molecule has 1 aromatic carbocycles. The van der Waals surface area contributed by atoms with Crippen molar-refractivity contribution in [1.29, 1.82) is 0 Å². The van der Waals surface area contributed by atoms with E-state index >= 15 is 0 Å². The lowest BCUT2D eigenvalue weighted by Crippen LogP contribution is -2.30. The minimum Gasteiger partial charge on any atom is -0.370 e. The molecular weight excluding hydrogens is 391 g/mol. The number of halogens is 1. The summed E-state index contributed by atoms with van der Waals surface area (Å²) >= 11 is 0. The number of hydrogen-bond acceptors (Lipinski definition) is 2. The van der Waals surface area contributed by atoms with Crippen molar-refractivity contribution in [2.75, 3.05) is 11.9 Å². The van der Waals surface area contributed by atoms with Gasteiger partial charge in [0.1, 0.15) is 0 Å². The highest BCUT2D eigenvalue weighted by Gasteiger charge is 2.10. The average molecular weight is 416 g/mol. The largest absolute Gasteiger partial charge is 0.370 e. The molecule has 0 spiro atoms. The normalized spacial score (nSPS) is 13.5. The third-order valence-corrected chi connectivity index (χ3v) is 3.44. The lowest BCUT2D eigenvalue weighted by Gasteiger charge is -2.09. The Kier molecular flexibility index (Phi) is 7.64. The van der Waals surface area contributed by atoms with Gasteiger partial charge in [0.05, 0.1) is 6.54 Å². The summed E-state index contributed by atoms with van der Waals surface area (Å²) in [6.07, 6.45) is 3.89. The van der Waals surface area contributed by atoms with Gasteiger partial charge in [-0.1, -0.05) is 6.07 Å². The second-order valence-electron chi connectivity index (χ2n) is 5.70. The number of carbonyl (C=O) groups is 1. The molecule has 6 heteroatoms. The molecule has 0 unspecified atom stereocenters. The first-order chi connectivity index (χ1) is 10.0. The number of nitrogens with one attached hydrogen (secondary N) is 2. The minimum atomic E-state index is -0.000851. The number of anilines is 1. The number of aryl methyl sites for hydroxylation is 2. The van der Waals surface area contributed by atoms with E-state index in [1.54, 1.807) is 0 Å². The van der Waals surface area contributed by atoms with Crippen LogP contribution >= 0.6 is 24.0 Å². The molecule has 0 aromatic heterocycles. The van der Waals surface area contributed by atoms with E-state index in [2.05, 4.69) is 27.8 Å². The van der Waals surface area contributed by atoms with Crippen LogP contribution in [0.25, 0.3) is 0 Å². The highest BCUT2D eigenvalue weighted by atomic mass is 127. The fraction of sp³-hybridized carbons (Fsp3) is 0.500. The zero-order valence-corrected chi connectivity index (χ0v) is 15.5. The lowest BCUT2D eigenvalue weighted by molar-refractivity contribution is -0.121. The van der Waals surface area contributed by atoms with E-state index in [1.807, 2.05) is 19.9 Å². The molecular formula is C16H25IN4O.